The predicted molar refractivity (Wildman–Crippen MR) is 82.1 cm³/mol. The molecule has 1 rings (SSSR count). The quantitative estimate of drug-likeness (QED) is 0.876. The maximum atomic E-state index is 12.8. The predicted octanol–water partition coefficient (Wildman–Crippen LogP) is 2.76. The van der Waals surface area contributed by atoms with Gasteiger partial charge in [-0.05, 0) is 44.4 Å². The minimum atomic E-state index is -3.74. The first-order chi connectivity index (χ1) is 9.57. The van der Waals surface area contributed by atoms with Gasteiger partial charge in [-0.25, -0.2) is 13.2 Å². The third kappa shape index (κ3) is 3.44. The largest absolute Gasteiger partial charge is 0.478 e. The SMILES string of the molecule is CCc1ccc(C(=O)O)cc1S(=O)(=O)N(C)C(C)(C)CC. The molecule has 0 saturated heterocycles. The molecule has 0 aliphatic rings. The van der Waals surface area contributed by atoms with Crippen molar-refractivity contribution in [1.82, 2.24) is 4.31 Å². The Kier molecular flexibility index (Phi) is 5.17. The fraction of sp³-hybridized carbons (Fsp3) is 0.533. The van der Waals surface area contributed by atoms with E-state index in [2.05, 4.69) is 0 Å². The Labute approximate surface area is 126 Å². The Bertz CT molecular complexity index is 635. The molecule has 0 aromatic heterocycles. The molecule has 0 saturated carbocycles. The van der Waals surface area contributed by atoms with Crippen LogP contribution < -0.4 is 0 Å². The highest BCUT2D eigenvalue weighted by Gasteiger charge is 2.34. The minimum Gasteiger partial charge on any atom is -0.478 e. The van der Waals surface area contributed by atoms with Crippen molar-refractivity contribution in [3.63, 3.8) is 0 Å². The zero-order valence-electron chi connectivity index (χ0n) is 13.2. The first-order valence-corrected chi connectivity index (χ1v) is 8.37. The van der Waals surface area contributed by atoms with Crippen LogP contribution in [-0.2, 0) is 16.4 Å². The summed E-state index contributed by atoms with van der Waals surface area (Å²) in [5.74, 6) is -1.13. The monoisotopic (exact) mass is 313 g/mol. The summed E-state index contributed by atoms with van der Waals surface area (Å²) in [5, 5.41) is 9.07. The number of carboxylic acid groups (broad SMARTS) is 1. The lowest BCUT2D eigenvalue weighted by molar-refractivity contribution is 0.0696. The molecule has 0 atom stereocenters. The average Bonchev–Trinajstić information content (AvgIpc) is 2.45. The fourth-order valence-electron chi connectivity index (χ4n) is 1.92. The van der Waals surface area contributed by atoms with Crippen LogP contribution >= 0.6 is 0 Å². The lowest BCUT2D eigenvalue weighted by atomic mass is 10.0. The van der Waals surface area contributed by atoms with Crippen LogP contribution in [0.5, 0.6) is 0 Å². The summed E-state index contributed by atoms with van der Waals surface area (Å²) in [5.41, 5.74) is 0.0653. The highest BCUT2D eigenvalue weighted by Crippen LogP contribution is 2.28. The summed E-state index contributed by atoms with van der Waals surface area (Å²) in [4.78, 5) is 11.2. The van der Waals surface area contributed by atoms with Crippen LogP contribution in [0.1, 0.15) is 50.0 Å². The number of nitrogens with zero attached hydrogens (tertiary/aromatic N) is 1. The van der Waals surface area contributed by atoms with Crippen molar-refractivity contribution < 1.29 is 18.3 Å². The van der Waals surface area contributed by atoms with Crippen LogP contribution in [0.25, 0.3) is 0 Å². The molecule has 0 aliphatic heterocycles. The molecular weight excluding hydrogens is 290 g/mol. The van der Waals surface area contributed by atoms with Crippen LogP contribution in [0.2, 0.25) is 0 Å². The molecule has 0 aliphatic carbocycles. The molecule has 21 heavy (non-hydrogen) atoms. The molecule has 5 nitrogen and oxygen atoms in total. The van der Waals surface area contributed by atoms with Crippen molar-refractivity contribution in [2.45, 2.75) is 51.0 Å². The maximum Gasteiger partial charge on any atom is 0.335 e. The Balaban J connectivity index is 3.49. The van der Waals surface area contributed by atoms with Gasteiger partial charge in [0.25, 0.3) is 0 Å². The van der Waals surface area contributed by atoms with Gasteiger partial charge in [-0.1, -0.05) is 19.9 Å². The summed E-state index contributed by atoms with van der Waals surface area (Å²) in [6.45, 7) is 7.45. The van der Waals surface area contributed by atoms with E-state index < -0.39 is 21.5 Å². The summed E-state index contributed by atoms with van der Waals surface area (Å²) in [7, 11) is -2.20. The van der Waals surface area contributed by atoms with Crippen molar-refractivity contribution in [2.75, 3.05) is 7.05 Å². The summed E-state index contributed by atoms with van der Waals surface area (Å²) in [6, 6.07) is 4.26. The van der Waals surface area contributed by atoms with Crippen LogP contribution in [0.3, 0.4) is 0 Å². The molecule has 118 valence electrons. The number of carbonyl (C=O) groups is 1. The highest BCUT2D eigenvalue weighted by molar-refractivity contribution is 7.89. The number of aryl methyl sites for hydroxylation is 1. The third-order valence-electron chi connectivity index (χ3n) is 4.05. The number of aromatic carboxylic acids is 1. The minimum absolute atomic E-state index is 0.0199. The second-order valence-corrected chi connectivity index (χ2v) is 7.56. The van der Waals surface area contributed by atoms with Crippen LogP contribution in [0.4, 0.5) is 0 Å². The highest BCUT2D eigenvalue weighted by atomic mass is 32.2. The Morgan fingerprint density at radius 3 is 2.29 bits per heavy atom. The molecule has 0 fully saturated rings. The second kappa shape index (κ2) is 6.15. The molecule has 0 radical (unpaired) electrons. The standard InChI is InChI=1S/C15H23NO4S/c1-6-11-8-9-12(14(17)18)10-13(11)21(19,20)16(5)15(3,4)7-2/h8-10H,6-7H2,1-5H3,(H,17,18). The van der Waals surface area contributed by atoms with E-state index in [9.17, 15) is 13.2 Å². The van der Waals surface area contributed by atoms with Crippen molar-refractivity contribution >= 4 is 16.0 Å². The molecule has 1 aromatic carbocycles. The molecule has 1 aromatic rings. The molecule has 1 N–H and O–H groups in total. The zero-order chi connectivity index (χ0) is 16.4. The van der Waals surface area contributed by atoms with E-state index >= 15 is 0 Å². The van der Waals surface area contributed by atoms with E-state index in [1.54, 1.807) is 6.07 Å². The summed E-state index contributed by atoms with van der Waals surface area (Å²) >= 11 is 0. The van der Waals surface area contributed by atoms with Gasteiger partial charge >= 0.3 is 5.97 Å². The van der Waals surface area contributed by atoms with Crippen molar-refractivity contribution in [1.29, 1.82) is 0 Å². The van der Waals surface area contributed by atoms with Gasteiger partial charge in [0.2, 0.25) is 10.0 Å². The molecule has 6 heteroatoms. The molecule has 0 unspecified atom stereocenters. The summed E-state index contributed by atoms with van der Waals surface area (Å²) < 4.78 is 27.0. The summed E-state index contributed by atoms with van der Waals surface area (Å²) in [6.07, 6.45) is 1.18. The topological polar surface area (TPSA) is 74.7 Å². The van der Waals surface area contributed by atoms with Crippen LogP contribution in [0, 0.1) is 0 Å². The van der Waals surface area contributed by atoms with Gasteiger partial charge in [-0.15, -0.1) is 0 Å². The number of sulfonamides is 1. The van der Waals surface area contributed by atoms with Gasteiger partial charge in [-0.2, -0.15) is 4.31 Å². The third-order valence-corrected chi connectivity index (χ3v) is 6.20. The van der Waals surface area contributed by atoms with Gasteiger partial charge in [0.05, 0.1) is 10.5 Å². The van der Waals surface area contributed by atoms with E-state index in [1.165, 1.54) is 23.5 Å². The Hall–Kier alpha value is -1.40. The second-order valence-electron chi connectivity index (χ2n) is 5.62. The van der Waals surface area contributed by atoms with E-state index in [0.29, 0.717) is 18.4 Å². The number of benzene rings is 1. The Morgan fingerprint density at radius 2 is 1.86 bits per heavy atom. The van der Waals surface area contributed by atoms with E-state index in [1.807, 2.05) is 27.7 Å². The molecule has 0 bridgehead atoms. The first kappa shape index (κ1) is 17.7. The number of hydrogen-bond donors (Lipinski definition) is 1. The number of carboxylic acids is 1. The molecule has 0 heterocycles. The number of rotatable bonds is 6. The zero-order valence-corrected chi connectivity index (χ0v) is 14.0. The van der Waals surface area contributed by atoms with Gasteiger partial charge in [-0.3, -0.25) is 0 Å². The molecular formula is C15H23NO4S. The van der Waals surface area contributed by atoms with E-state index in [4.69, 9.17) is 5.11 Å². The fourth-order valence-corrected chi connectivity index (χ4v) is 3.81. The van der Waals surface area contributed by atoms with E-state index in [-0.39, 0.29) is 10.5 Å². The van der Waals surface area contributed by atoms with Crippen molar-refractivity contribution in [2.24, 2.45) is 0 Å². The lowest BCUT2D eigenvalue weighted by Crippen LogP contribution is -2.44. The van der Waals surface area contributed by atoms with Crippen molar-refractivity contribution in [3.8, 4) is 0 Å². The van der Waals surface area contributed by atoms with Crippen LogP contribution in [-0.4, -0.2) is 36.4 Å². The molecule has 0 spiro atoms. The van der Waals surface area contributed by atoms with Crippen molar-refractivity contribution in [3.05, 3.63) is 29.3 Å². The van der Waals surface area contributed by atoms with Gasteiger partial charge in [0.1, 0.15) is 0 Å². The first-order valence-electron chi connectivity index (χ1n) is 6.93. The Morgan fingerprint density at radius 1 is 1.29 bits per heavy atom. The van der Waals surface area contributed by atoms with Gasteiger partial charge < -0.3 is 5.11 Å². The van der Waals surface area contributed by atoms with Gasteiger partial charge in [0, 0.05) is 12.6 Å². The van der Waals surface area contributed by atoms with Gasteiger partial charge in [0.15, 0.2) is 0 Å². The smallest absolute Gasteiger partial charge is 0.335 e. The lowest BCUT2D eigenvalue weighted by Gasteiger charge is -2.34. The van der Waals surface area contributed by atoms with E-state index in [0.717, 1.165) is 0 Å². The number of hydrogen-bond acceptors (Lipinski definition) is 3. The maximum absolute atomic E-state index is 12.8. The molecule has 0 amide bonds. The average molecular weight is 313 g/mol. The van der Waals surface area contributed by atoms with Crippen LogP contribution in [0.15, 0.2) is 23.1 Å². The normalized spacial score (nSPS) is 12.7.